The highest BCUT2D eigenvalue weighted by Crippen LogP contribution is 2.43. The summed E-state index contributed by atoms with van der Waals surface area (Å²) in [5.74, 6) is 0. The third kappa shape index (κ3) is 1.51. The number of rotatable bonds is 1. The number of halogens is 2. The number of anilines is 2. The molecule has 0 radical (unpaired) electrons. The van der Waals surface area contributed by atoms with E-state index in [0.717, 1.165) is 6.54 Å². The Morgan fingerprint density at radius 2 is 1.92 bits per heavy atom. The SMILES string of the molecule is CCN1c2ccccc2N(I)C1I. The summed E-state index contributed by atoms with van der Waals surface area (Å²) in [5.41, 5.74) is 2.67. The number of fused-ring (bicyclic) bond motifs is 1. The van der Waals surface area contributed by atoms with E-state index >= 15 is 0 Å². The molecule has 1 aromatic rings. The molecule has 1 aliphatic heterocycles. The maximum absolute atomic E-state index is 2.46. The van der Waals surface area contributed by atoms with Crippen LogP contribution >= 0.6 is 45.5 Å². The minimum atomic E-state index is 0.445. The predicted molar refractivity (Wildman–Crippen MR) is 73.8 cm³/mol. The maximum Gasteiger partial charge on any atom is 0.164 e. The molecule has 70 valence electrons. The van der Waals surface area contributed by atoms with Gasteiger partial charge in [-0.05, 0) is 41.6 Å². The van der Waals surface area contributed by atoms with Crippen molar-refractivity contribution < 1.29 is 0 Å². The zero-order valence-corrected chi connectivity index (χ0v) is 11.6. The molecule has 2 rings (SSSR count). The average molecular weight is 400 g/mol. The first-order chi connectivity index (χ1) is 6.25. The molecule has 0 N–H and O–H groups in total. The number of benzene rings is 1. The second-order valence-electron chi connectivity index (χ2n) is 2.90. The lowest BCUT2D eigenvalue weighted by atomic mass is 10.3. The van der Waals surface area contributed by atoms with Crippen LogP contribution in [0, 0.1) is 0 Å². The molecule has 0 saturated heterocycles. The molecule has 0 saturated carbocycles. The van der Waals surface area contributed by atoms with Gasteiger partial charge >= 0.3 is 0 Å². The fourth-order valence-electron chi connectivity index (χ4n) is 1.56. The maximum atomic E-state index is 2.46. The Balaban J connectivity index is 2.47. The molecule has 1 aliphatic rings. The summed E-state index contributed by atoms with van der Waals surface area (Å²) in [6, 6.07) is 8.54. The molecule has 0 bridgehead atoms. The van der Waals surface area contributed by atoms with E-state index in [0.29, 0.717) is 4.17 Å². The Morgan fingerprint density at radius 3 is 2.54 bits per heavy atom. The predicted octanol–water partition coefficient (Wildman–Crippen LogP) is 3.40. The first-order valence-electron chi connectivity index (χ1n) is 4.20. The van der Waals surface area contributed by atoms with Crippen molar-refractivity contribution in [3.63, 3.8) is 0 Å². The van der Waals surface area contributed by atoms with Gasteiger partial charge in [0, 0.05) is 6.54 Å². The molecule has 1 unspecified atom stereocenters. The Kier molecular flexibility index (Phi) is 2.87. The lowest BCUT2D eigenvalue weighted by molar-refractivity contribution is 0.873. The third-order valence-corrected chi connectivity index (χ3v) is 5.55. The van der Waals surface area contributed by atoms with Crippen LogP contribution in [-0.4, -0.2) is 10.7 Å². The Morgan fingerprint density at radius 1 is 1.31 bits per heavy atom. The number of alkyl halides is 1. The topological polar surface area (TPSA) is 6.48 Å². The Hall–Kier alpha value is 0.280. The average Bonchev–Trinajstić information content (AvgIpc) is 2.41. The summed E-state index contributed by atoms with van der Waals surface area (Å²) in [5, 5.41) is 0. The smallest absolute Gasteiger partial charge is 0.164 e. The zero-order chi connectivity index (χ0) is 9.42. The van der Waals surface area contributed by atoms with Gasteiger partial charge in [0.25, 0.3) is 0 Å². The summed E-state index contributed by atoms with van der Waals surface area (Å²) in [6.45, 7) is 3.25. The van der Waals surface area contributed by atoms with Gasteiger partial charge in [-0.1, -0.05) is 12.1 Å². The summed E-state index contributed by atoms with van der Waals surface area (Å²) < 4.78 is 2.72. The number of para-hydroxylation sites is 2. The number of hydrogen-bond acceptors (Lipinski definition) is 2. The van der Waals surface area contributed by atoms with Crippen LogP contribution in [0.1, 0.15) is 6.92 Å². The van der Waals surface area contributed by atoms with Crippen molar-refractivity contribution in [3.05, 3.63) is 24.3 Å². The highest BCUT2D eigenvalue weighted by atomic mass is 127. The van der Waals surface area contributed by atoms with Crippen LogP contribution in [0.4, 0.5) is 11.4 Å². The summed E-state index contributed by atoms with van der Waals surface area (Å²) in [4.78, 5) is 2.39. The van der Waals surface area contributed by atoms with Crippen LogP contribution in [0.25, 0.3) is 0 Å². The Labute approximate surface area is 106 Å². The van der Waals surface area contributed by atoms with Gasteiger partial charge in [-0.2, -0.15) is 0 Å². The van der Waals surface area contributed by atoms with Crippen molar-refractivity contribution >= 4 is 56.8 Å². The molecule has 1 aromatic carbocycles. The van der Waals surface area contributed by atoms with E-state index in [1.807, 2.05) is 0 Å². The summed E-state index contributed by atoms with van der Waals surface area (Å²) in [6.07, 6.45) is 0. The standard InChI is InChI=1S/C9H10I2N2/c1-2-12-7-5-3-4-6-8(7)13(11)9(12)10/h3-6,9H,2H2,1H3. The van der Waals surface area contributed by atoms with Gasteiger partial charge in [0.05, 0.1) is 34.2 Å². The van der Waals surface area contributed by atoms with Gasteiger partial charge in [-0.3, -0.25) is 3.11 Å². The minimum Gasteiger partial charge on any atom is -0.341 e. The lowest BCUT2D eigenvalue weighted by Gasteiger charge is -2.22. The third-order valence-electron chi connectivity index (χ3n) is 2.21. The van der Waals surface area contributed by atoms with Gasteiger partial charge in [0.1, 0.15) is 0 Å². The van der Waals surface area contributed by atoms with Crippen LogP contribution in [0.2, 0.25) is 0 Å². The van der Waals surface area contributed by atoms with E-state index in [4.69, 9.17) is 0 Å². The van der Waals surface area contributed by atoms with E-state index in [1.54, 1.807) is 0 Å². The van der Waals surface area contributed by atoms with Crippen molar-refractivity contribution in [1.82, 2.24) is 0 Å². The normalized spacial score (nSPS) is 20.7. The van der Waals surface area contributed by atoms with Crippen LogP contribution in [-0.2, 0) is 0 Å². The zero-order valence-electron chi connectivity index (χ0n) is 7.24. The molecule has 0 fully saturated rings. The van der Waals surface area contributed by atoms with Crippen LogP contribution in [0.3, 0.4) is 0 Å². The first kappa shape index (κ1) is 9.82. The van der Waals surface area contributed by atoms with Crippen molar-refractivity contribution in [2.45, 2.75) is 11.1 Å². The van der Waals surface area contributed by atoms with Crippen molar-refractivity contribution in [1.29, 1.82) is 0 Å². The largest absolute Gasteiger partial charge is 0.341 e. The molecular weight excluding hydrogens is 390 g/mol. The van der Waals surface area contributed by atoms with Gasteiger partial charge < -0.3 is 4.90 Å². The monoisotopic (exact) mass is 400 g/mol. The van der Waals surface area contributed by atoms with E-state index in [9.17, 15) is 0 Å². The van der Waals surface area contributed by atoms with Gasteiger partial charge in [0.15, 0.2) is 4.17 Å². The highest BCUT2D eigenvalue weighted by molar-refractivity contribution is 14.1. The second-order valence-corrected chi connectivity index (χ2v) is 5.05. The van der Waals surface area contributed by atoms with E-state index in [-0.39, 0.29) is 0 Å². The van der Waals surface area contributed by atoms with E-state index in [2.05, 4.69) is 84.7 Å². The van der Waals surface area contributed by atoms with Crippen molar-refractivity contribution in [2.75, 3.05) is 14.6 Å². The van der Waals surface area contributed by atoms with E-state index in [1.165, 1.54) is 11.4 Å². The van der Waals surface area contributed by atoms with Crippen molar-refractivity contribution in [2.24, 2.45) is 0 Å². The van der Waals surface area contributed by atoms with Crippen molar-refractivity contribution in [3.8, 4) is 0 Å². The molecule has 0 amide bonds. The molecular formula is C9H10I2N2. The Bertz CT molecular complexity index is 316. The number of nitrogens with zero attached hydrogens (tertiary/aromatic N) is 2. The van der Waals surface area contributed by atoms with Crippen LogP contribution in [0.5, 0.6) is 0 Å². The molecule has 13 heavy (non-hydrogen) atoms. The van der Waals surface area contributed by atoms with Gasteiger partial charge in [-0.15, -0.1) is 0 Å². The molecule has 1 atom stereocenters. The molecule has 1 heterocycles. The van der Waals surface area contributed by atoms with Crippen LogP contribution < -0.4 is 8.01 Å². The molecule has 0 aliphatic carbocycles. The fraction of sp³-hybridized carbons (Fsp3) is 0.333. The fourth-order valence-corrected chi connectivity index (χ4v) is 3.26. The summed E-state index contributed by atoms with van der Waals surface area (Å²) >= 11 is 4.83. The number of hydrogen-bond donors (Lipinski definition) is 0. The quantitative estimate of drug-likeness (QED) is 0.309. The minimum absolute atomic E-state index is 0.445. The van der Waals surface area contributed by atoms with Gasteiger partial charge in [0.2, 0.25) is 0 Å². The summed E-state index contributed by atoms with van der Waals surface area (Å²) in [7, 11) is 0. The van der Waals surface area contributed by atoms with E-state index < -0.39 is 0 Å². The molecule has 0 aromatic heterocycles. The highest BCUT2D eigenvalue weighted by Gasteiger charge is 2.30. The van der Waals surface area contributed by atoms with Crippen LogP contribution in [0.15, 0.2) is 24.3 Å². The first-order valence-corrected chi connectivity index (χ1v) is 6.41. The lowest BCUT2D eigenvalue weighted by Crippen LogP contribution is -2.32. The molecule has 4 heteroatoms. The second kappa shape index (κ2) is 3.80. The molecule has 2 nitrogen and oxygen atoms in total. The van der Waals surface area contributed by atoms with Gasteiger partial charge in [-0.25, -0.2) is 0 Å². The molecule has 0 spiro atoms.